The van der Waals surface area contributed by atoms with Crippen molar-refractivity contribution >= 4 is 21.6 Å². The topological polar surface area (TPSA) is 92.5 Å². The monoisotopic (exact) mass is 399 g/mol. The molecule has 2 aromatic carbocycles. The second kappa shape index (κ2) is 7.95. The largest absolute Gasteiger partial charge is 0.444 e. The Morgan fingerprint density at radius 3 is 2.57 bits per heavy atom. The first-order valence-corrected chi connectivity index (χ1v) is 10.1. The van der Waals surface area contributed by atoms with E-state index in [1.165, 1.54) is 29.9 Å². The minimum absolute atomic E-state index is 0.0757. The van der Waals surface area contributed by atoms with Crippen molar-refractivity contribution in [2.24, 2.45) is 0 Å². The Morgan fingerprint density at radius 2 is 1.89 bits per heavy atom. The van der Waals surface area contributed by atoms with Gasteiger partial charge in [0.05, 0.1) is 11.1 Å². The number of aromatic nitrogens is 1. The third-order valence-corrected chi connectivity index (χ3v) is 6.37. The second-order valence-electron chi connectivity index (χ2n) is 6.54. The molecule has 1 amide bonds. The van der Waals surface area contributed by atoms with Crippen molar-refractivity contribution in [1.82, 2.24) is 9.29 Å². The van der Waals surface area contributed by atoms with Crippen molar-refractivity contribution < 1.29 is 17.6 Å². The molecule has 0 bridgehead atoms. The highest BCUT2D eigenvalue weighted by Crippen LogP contribution is 2.23. The zero-order chi connectivity index (χ0) is 20.3. The summed E-state index contributed by atoms with van der Waals surface area (Å²) in [5.41, 5.74) is 1.58. The van der Waals surface area contributed by atoms with Crippen LogP contribution < -0.4 is 5.32 Å². The van der Waals surface area contributed by atoms with E-state index in [1.54, 1.807) is 50.4 Å². The number of oxazole rings is 1. The third kappa shape index (κ3) is 4.13. The molecule has 0 aliphatic rings. The van der Waals surface area contributed by atoms with Crippen molar-refractivity contribution in [3.8, 4) is 11.3 Å². The molecule has 0 aliphatic heterocycles. The first-order chi connectivity index (χ1) is 13.3. The first kappa shape index (κ1) is 19.8. The standard InChI is InChI=1S/C20H21N3O4S/c1-14(2)23(3)28(25,26)18-9-5-7-16(11-18)20(24)22-17-8-4-6-15(10-17)19-12-21-13-27-19/h4-14H,1-3H3,(H,22,24). The quantitative estimate of drug-likeness (QED) is 0.683. The van der Waals surface area contributed by atoms with Gasteiger partial charge in [0, 0.05) is 29.9 Å². The lowest BCUT2D eigenvalue weighted by molar-refractivity contribution is 0.102. The summed E-state index contributed by atoms with van der Waals surface area (Å²) in [6.07, 6.45) is 2.92. The van der Waals surface area contributed by atoms with Gasteiger partial charge in [-0.05, 0) is 44.2 Å². The molecule has 1 aromatic heterocycles. The zero-order valence-corrected chi connectivity index (χ0v) is 16.6. The van der Waals surface area contributed by atoms with E-state index in [0.717, 1.165) is 5.56 Å². The highest BCUT2D eigenvalue weighted by molar-refractivity contribution is 7.89. The highest BCUT2D eigenvalue weighted by Gasteiger charge is 2.24. The molecule has 0 saturated heterocycles. The van der Waals surface area contributed by atoms with E-state index in [2.05, 4.69) is 10.3 Å². The van der Waals surface area contributed by atoms with Crippen LogP contribution in [0.25, 0.3) is 11.3 Å². The van der Waals surface area contributed by atoms with Gasteiger partial charge in [-0.1, -0.05) is 18.2 Å². The number of nitrogens with one attached hydrogen (secondary N) is 1. The van der Waals surface area contributed by atoms with Crippen LogP contribution in [-0.4, -0.2) is 36.7 Å². The molecule has 0 spiro atoms. The second-order valence-corrected chi connectivity index (χ2v) is 8.54. The Kier molecular flexibility index (Phi) is 5.62. The normalized spacial score (nSPS) is 11.8. The molecule has 0 radical (unpaired) electrons. The number of sulfonamides is 1. The van der Waals surface area contributed by atoms with Gasteiger partial charge in [0.15, 0.2) is 12.2 Å². The van der Waals surface area contributed by atoms with E-state index in [9.17, 15) is 13.2 Å². The average Bonchev–Trinajstić information content (AvgIpc) is 3.22. The fourth-order valence-corrected chi connectivity index (χ4v) is 3.97. The van der Waals surface area contributed by atoms with Gasteiger partial charge in [-0.3, -0.25) is 4.79 Å². The van der Waals surface area contributed by atoms with E-state index in [-0.39, 0.29) is 16.5 Å². The van der Waals surface area contributed by atoms with E-state index in [1.807, 2.05) is 6.07 Å². The molecule has 7 nitrogen and oxygen atoms in total. The van der Waals surface area contributed by atoms with Gasteiger partial charge in [-0.25, -0.2) is 13.4 Å². The SMILES string of the molecule is CC(C)N(C)S(=O)(=O)c1cccc(C(=O)Nc2cccc(-c3cnco3)c2)c1. The van der Waals surface area contributed by atoms with Crippen LogP contribution in [0.1, 0.15) is 24.2 Å². The Bertz CT molecular complexity index is 1080. The molecule has 3 aromatic rings. The van der Waals surface area contributed by atoms with Gasteiger partial charge in [-0.2, -0.15) is 4.31 Å². The van der Waals surface area contributed by atoms with Crippen molar-refractivity contribution in [3.05, 3.63) is 66.7 Å². The van der Waals surface area contributed by atoms with Crippen molar-refractivity contribution in [2.75, 3.05) is 12.4 Å². The van der Waals surface area contributed by atoms with E-state index in [0.29, 0.717) is 11.4 Å². The molecule has 146 valence electrons. The Hall–Kier alpha value is -2.97. The van der Waals surface area contributed by atoms with Crippen LogP contribution in [-0.2, 0) is 10.0 Å². The van der Waals surface area contributed by atoms with Gasteiger partial charge < -0.3 is 9.73 Å². The number of rotatable bonds is 6. The van der Waals surface area contributed by atoms with Crippen LogP contribution in [0.2, 0.25) is 0 Å². The molecule has 3 rings (SSSR count). The third-order valence-electron chi connectivity index (χ3n) is 4.34. The summed E-state index contributed by atoms with van der Waals surface area (Å²) in [7, 11) is -2.15. The Morgan fingerprint density at radius 1 is 1.14 bits per heavy atom. The number of hydrogen-bond donors (Lipinski definition) is 1. The van der Waals surface area contributed by atoms with E-state index < -0.39 is 15.9 Å². The summed E-state index contributed by atoms with van der Waals surface area (Å²) in [6, 6.07) is 12.9. The van der Waals surface area contributed by atoms with Crippen LogP contribution in [0.5, 0.6) is 0 Å². The van der Waals surface area contributed by atoms with Crippen LogP contribution in [0.4, 0.5) is 5.69 Å². The van der Waals surface area contributed by atoms with E-state index >= 15 is 0 Å². The fourth-order valence-electron chi connectivity index (χ4n) is 2.55. The lowest BCUT2D eigenvalue weighted by Crippen LogP contribution is -2.33. The fraction of sp³-hybridized carbons (Fsp3) is 0.200. The lowest BCUT2D eigenvalue weighted by Gasteiger charge is -2.21. The van der Waals surface area contributed by atoms with Crippen LogP contribution in [0, 0.1) is 0 Å². The van der Waals surface area contributed by atoms with Crippen LogP contribution in [0.15, 0.2) is 70.4 Å². The number of amides is 1. The maximum Gasteiger partial charge on any atom is 0.255 e. The van der Waals surface area contributed by atoms with Crippen LogP contribution in [0.3, 0.4) is 0 Å². The molecule has 0 atom stereocenters. The number of benzene rings is 2. The Balaban J connectivity index is 1.84. The summed E-state index contributed by atoms with van der Waals surface area (Å²) in [5.74, 6) is 0.180. The summed E-state index contributed by atoms with van der Waals surface area (Å²) < 4.78 is 31.9. The van der Waals surface area contributed by atoms with Gasteiger partial charge in [0.25, 0.3) is 5.91 Å². The van der Waals surface area contributed by atoms with Gasteiger partial charge in [-0.15, -0.1) is 0 Å². The lowest BCUT2D eigenvalue weighted by atomic mass is 10.1. The number of anilines is 1. The predicted molar refractivity (Wildman–Crippen MR) is 106 cm³/mol. The van der Waals surface area contributed by atoms with Crippen molar-refractivity contribution in [1.29, 1.82) is 0 Å². The Labute approximate surface area is 164 Å². The predicted octanol–water partition coefficient (Wildman–Crippen LogP) is 3.62. The van der Waals surface area contributed by atoms with Crippen LogP contribution >= 0.6 is 0 Å². The minimum Gasteiger partial charge on any atom is -0.444 e. The summed E-state index contributed by atoms with van der Waals surface area (Å²) in [5, 5.41) is 2.78. The molecule has 0 saturated carbocycles. The molecule has 28 heavy (non-hydrogen) atoms. The highest BCUT2D eigenvalue weighted by atomic mass is 32.2. The van der Waals surface area contributed by atoms with Crippen molar-refractivity contribution in [2.45, 2.75) is 24.8 Å². The molecule has 0 aliphatic carbocycles. The molecular formula is C20H21N3O4S. The maximum absolute atomic E-state index is 12.7. The van der Waals surface area contributed by atoms with E-state index in [4.69, 9.17) is 4.42 Å². The number of hydrogen-bond acceptors (Lipinski definition) is 5. The smallest absolute Gasteiger partial charge is 0.255 e. The first-order valence-electron chi connectivity index (χ1n) is 8.67. The molecule has 1 heterocycles. The summed E-state index contributed by atoms with van der Waals surface area (Å²) >= 11 is 0. The van der Waals surface area contributed by atoms with Gasteiger partial charge in [0.2, 0.25) is 10.0 Å². The molecule has 0 unspecified atom stereocenters. The molecule has 1 N–H and O–H groups in total. The zero-order valence-electron chi connectivity index (χ0n) is 15.8. The van der Waals surface area contributed by atoms with Gasteiger partial charge >= 0.3 is 0 Å². The number of nitrogens with zero attached hydrogens (tertiary/aromatic N) is 2. The molecule has 0 fully saturated rings. The average molecular weight is 399 g/mol. The summed E-state index contributed by atoms with van der Waals surface area (Å²) in [6.45, 7) is 3.57. The van der Waals surface area contributed by atoms with Crippen molar-refractivity contribution in [3.63, 3.8) is 0 Å². The number of carbonyl (C=O) groups is 1. The number of carbonyl (C=O) groups excluding carboxylic acids is 1. The molecular weight excluding hydrogens is 378 g/mol. The maximum atomic E-state index is 12.7. The minimum atomic E-state index is -3.67. The van der Waals surface area contributed by atoms with Gasteiger partial charge in [0.1, 0.15) is 0 Å². The summed E-state index contributed by atoms with van der Waals surface area (Å²) in [4.78, 5) is 16.6. The molecule has 8 heteroatoms.